The van der Waals surface area contributed by atoms with E-state index < -0.39 is 17.8 Å². The fourth-order valence-electron chi connectivity index (χ4n) is 3.18. The number of nitrogens with one attached hydrogen (secondary N) is 1. The molecule has 2 amide bonds. The van der Waals surface area contributed by atoms with Crippen molar-refractivity contribution in [3.63, 3.8) is 0 Å². The Morgan fingerprint density at radius 1 is 1.41 bits per heavy atom. The van der Waals surface area contributed by atoms with Crippen molar-refractivity contribution >= 4 is 12.0 Å². The average molecular weight is 368 g/mol. The SMILES string of the molecule is C[C@@H]1C[C@@H](NC(=O)c2cc(-c3cccc(C#N)c3)ncc2F)CN1C(=O)O. The number of halogens is 1. The standard InChI is InChI=1S/C19H17FN4O3/c1-11-5-14(10-24(11)19(26)27)23-18(25)15-7-17(22-9-16(15)20)13-4-2-3-12(6-13)8-21/h2-4,6-7,9,11,14H,5,10H2,1H3,(H,23,25)(H,26,27)/t11-,14-/m1/s1. The molecule has 0 bridgehead atoms. The van der Waals surface area contributed by atoms with E-state index in [0.29, 0.717) is 23.2 Å². The highest BCUT2D eigenvalue weighted by Crippen LogP contribution is 2.22. The predicted octanol–water partition coefficient (Wildman–Crippen LogP) is 2.63. The van der Waals surface area contributed by atoms with E-state index >= 15 is 0 Å². The lowest BCUT2D eigenvalue weighted by molar-refractivity contribution is 0.0931. The third kappa shape index (κ3) is 3.87. The van der Waals surface area contributed by atoms with Crippen LogP contribution in [0.4, 0.5) is 9.18 Å². The van der Waals surface area contributed by atoms with Crippen molar-refractivity contribution in [1.29, 1.82) is 5.26 Å². The number of hydrogen-bond donors (Lipinski definition) is 2. The van der Waals surface area contributed by atoms with E-state index in [1.807, 2.05) is 6.07 Å². The number of carboxylic acid groups (broad SMARTS) is 1. The summed E-state index contributed by atoms with van der Waals surface area (Å²) in [4.78, 5) is 28.9. The summed E-state index contributed by atoms with van der Waals surface area (Å²) in [6, 6.07) is 9.37. The van der Waals surface area contributed by atoms with E-state index in [1.54, 1.807) is 31.2 Å². The maximum Gasteiger partial charge on any atom is 0.407 e. The molecule has 1 saturated heterocycles. The van der Waals surface area contributed by atoms with E-state index in [9.17, 15) is 14.0 Å². The number of amides is 2. The van der Waals surface area contributed by atoms with Crippen LogP contribution >= 0.6 is 0 Å². The van der Waals surface area contributed by atoms with Crippen LogP contribution in [0.5, 0.6) is 0 Å². The van der Waals surface area contributed by atoms with Gasteiger partial charge in [-0.15, -0.1) is 0 Å². The van der Waals surface area contributed by atoms with Gasteiger partial charge in [0, 0.05) is 24.2 Å². The van der Waals surface area contributed by atoms with Gasteiger partial charge in [-0.25, -0.2) is 9.18 Å². The van der Waals surface area contributed by atoms with Gasteiger partial charge in [-0.05, 0) is 31.5 Å². The second-order valence-electron chi connectivity index (χ2n) is 6.43. The zero-order chi connectivity index (χ0) is 19.6. The van der Waals surface area contributed by atoms with Crippen LogP contribution in [-0.4, -0.2) is 45.6 Å². The fraction of sp³-hybridized carbons (Fsp3) is 0.263. The van der Waals surface area contributed by atoms with Gasteiger partial charge < -0.3 is 15.3 Å². The number of pyridine rings is 1. The van der Waals surface area contributed by atoms with Gasteiger partial charge in [-0.2, -0.15) is 5.26 Å². The molecule has 0 spiro atoms. The first kappa shape index (κ1) is 18.3. The first-order valence-electron chi connectivity index (χ1n) is 8.35. The molecule has 0 saturated carbocycles. The number of nitriles is 1. The summed E-state index contributed by atoms with van der Waals surface area (Å²) in [5.41, 5.74) is 1.21. The molecule has 3 rings (SSSR count). The Morgan fingerprint density at radius 2 is 2.19 bits per heavy atom. The summed E-state index contributed by atoms with van der Waals surface area (Å²) in [6.07, 6.45) is 0.375. The molecule has 138 valence electrons. The molecular formula is C19H17FN4O3. The molecule has 2 heterocycles. The Kier molecular flexibility index (Phi) is 5.03. The minimum Gasteiger partial charge on any atom is -0.465 e. The van der Waals surface area contributed by atoms with Gasteiger partial charge in [0.25, 0.3) is 5.91 Å². The monoisotopic (exact) mass is 368 g/mol. The van der Waals surface area contributed by atoms with Crippen molar-refractivity contribution in [1.82, 2.24) is 15.2 Å². The molecule has 2 atom stereocenters. The van der Waals surface area contributed by atoms with E-state index in [1.165, 1.54) is 11.0 Å². The van der Waals surface area contributed by atoms with E-state index in [4.69, 9.17) is 10.4 Å². The van der Waals surface area contributed by atoms with Gasteiger partial charge in [-0.3, -0.25) is 9.78 Å². The number of carbonyl (C=O) groups is 2. The fourth-order valence-corrected chi connectivity index (χ4v) is 3.18. The smallest absolute Gasteiger partial charge is 0.407 e. The van der Waals surface area contributed by atoms with Gasteiger partial charge >= 0.3 is 6.09 Å². The summed E-state index contributed by atoms with van der Waals surface area (Å²) in [5, 5.41) is 20.8. The molecule has 0 unspecified atom stereocenters. The molecule has 2 N–H and O–H groups in total. The molecular weight excluding hydrogens is 351 g/mol. The van der Waals surface area contributed by atoms with E-state index in [2.05, 4.69) is 10.3 Å². The normalized spacial score (nSPS) is 18.8. The summed E-state index contributed by atoms with van der Waals surface area (Å²) in [6.45, 7) is 1.92. The molecule has 1 fully saturated rings. The Morgan fingerprint density at radius 3 is 2.85 bits per heavy atom. The van der Waals surface area contributed by atoms with Crippen LogP contribution in [0.25, 0.3) is 11.3 Å². The van der Waals surface area contributed by atoms with Crippen LogP contribution in [0.3, 0.4) is 0 Å². The lowest BCUT2D eigenvalue weighted by Crippen LogP contribution is -2.38. The first-order valence-corrected chi connectivity index (χ1v) is 8.35. The molecule has 1 aliphatic heterocycles. The van der Waals surface area contributed by atoms with E-state index in [-0.39, 0.29) is 24.2 Å². The predicted molar refractivity (Wildman–Crippen MR) is 94.4 cm³/mol. The van der Waals surface area contributed by atoms with Crippen molar-refractivity contribution in [2.24, 2.45) is 0 Å². The van der Waals surface area contributed by atoms with E-state index in [0.717, 1.165) is 6.20 Å². The third-order valence-electron chi connectivity index (χ3n) is 4.54. The Balaban J connectivity index is 1.81. The molecule has 1 aromatic heterocycles. The number of rotatable bonds is 3. The number of carbonyl (C=O) groups excluding carboxylic acids is 1. The molecule has 8 heteroatoms. The van der Waals surface area contributed by atoms with Crippen molar-refractivity contribution < 1.29 is 19.1 Å². The lowest BCUT2D eigenvalue weighted by atomic mass is 10.1. The zero-order valence-electron chi connectivity index (χ0n) is 14.5. The minimum atomic E-state index is -1.05. The van der Waals surface area contributed by atoms with Crippen LogP contribution in [0, 0.1) is 17.1 Å². The van der Waals surface area contributed by atoms with Gasteiger partial charge in [0.05, 0.1) is 29.1 Å². The largest absolute Gasteiger partial charge is 0.465 e. The summed E-state index contributed by atoms with van der Waals surface area (Å²) < 4.78 is 14.2. The second-order valence-corrected chi connectivity index (χ2v) is 6.43. The Bertz CT molecular complexity index is 941. The molecule has 1 aliphatic rings. The number of hydrogen-bond acceptors (Lipinski definition) is 4. The number of nitrogens with zero attached hydrogens (tertiary/aromatic N) is 3. The van der Waals surface area contributed by atoms with Gasteiger partial charge in [0.1, 0.15) is 0 Å². The maximum atomic E-state index is 14.2. The molecule has 27 heavy (non-hydrogen) atoms. The van der Waals surface area contributed by atoms with Gasteiger partial charge in [-0.1, -0.05) is 12.1 Å². The topological polar surface area (TPSA) is 106 Å². The van der Waals surface area contributed by atoms with Crippen molar-refractivity contribution in [2.75, 3.05) is 6.54 Å². The average Bonchev–Trinajstić information content (AvgIpc) is 3.02. The maximum absolute atomic E-state index is 14.2. The highest BCUT2D eigenvalue weighted by Gasteiger charge is 2.33. The third-order valence-corrected chi connectivity index (χ3v) is 4.54. The summed E-state index contributed by atoms with van der Waals surface area (Å²) in [7, 11) is 0. The van der Waals surface area contributed by atoms with Gasteiger partial charge in [0.15, 0.2) is 5.82 Å². The molecule has 7 nitrogen and oxygen atoms in total. The van der Waals surface area contributed by atoms with Crippen LogP contribution in [0.15, 0.2) is 36.5 Å². The minimum absolute atomic E-state index is 0.159. The molecule has 0 radical (unpaired) electrons. The highest BCUT2D eigenvalue weighted by atomic mass is 19.1. The Hall–Kier alpha value is -3.47. The van der Waals surface area contributed by atoms with Crippen LogP contribution in [-0.2, 0) is 0 Å². The quantitative estimate of drug-likeness (QED) is 0.866. The Labute approximate surface area is 155 Å². The lowest BCUT2D eigenvalue weighted by Gasteiger charge is -2.16. The molecule has 0 aliphatic carbocycles. The van der Waals surface area contributed by atoms with Crippen LogP contribution in [0.2, 0.25) is 0 Å². The number of likely N-dealkylation sites (tertiary alicyclic amines) is 1. The molecule has 1 aromatic carbocycles. The van der Waals surface area contributed by atoms with Crippen molar-refractivity contribution in [3.8, 4) is 17.3 Å². The van der Waals surface area contributed by atoms with Gasteiger partial charge in [0.2, 0.25) is 0 Å². The van der Waals surface area contributed by atoms with Crippen LogP contribution in [0.1, 0.15) is 29.3 Å². The summed E-state index contributed by atoms with van der Waals surface area (Å²) >= 11 is 0. The van der Waals surface area contributed by atoms with Crippen LogP contribution < -0.4 is 5.32 Å². The number of aromatic nitrogens is 1. The zero-order valence-corrected chi connectivity index (χ0v) is 14.5. The van der Waals surface area contributed by atoms with Crippen molar-refractivity contribution in [2.45, 2.75) is 25.4 Å². The molecule has 2 aromatic rings. The highest BCUT2D eigenvalue weighted by molar-refractivity contribution is 5.95. The number of benzene rings is 1. The second kappa shape index (κ2) is 7.41. The summed E-state index contributed by atoms with van der Waals surface area (Å²) in [5.74, 6) is -1.40. The van der Waals surface area contributed by atoms with Crippen molar-refractivity contribution in [3.05, 3.63) is 53.5 Å². The first-order chi connectivity index (χ1) is 12.9.